The Balaban J connectivity index is 2.22. The third-order valence-corrected chi connectivity index (χ3v) is 6.95. The van der Waals surface area contributed by atoms with E-state index in [0.29, 0.717) is 6.54 Å². The average Bonchev–Trinajstić information content (AvgIpc) is 2.68. The predicted molar refractivity (Wildman–Crippen MR) is 117 cm³/mol. The van der Waals surface area contributed by atoms with Crippen molar-refractivity contribution in [2.24, 2.45) is 0 Å². The first-order valence-corrected chi connectivity index (χ1v) is 11.1. The van der Waals surface area contributed by atoms with Crippen molar-refractivity contribution in [3.8, 4) is 0 Å². The minimum absolute atomic E-state index is 0.0244. The summed E-state index contributed by atoms with van der Waals surface area (Å²) in [6, 6.07) is 12.4. The first-order chi connectivity index (χ1) is 13.6. The quantitative estimate of drug-likeness (QED) is 0.688. The molecule has 1 atom stereocenters. The molecule has 158 valence electrons. The molecule has 0 aliphatic heterocycles. The highest BCUT2D eigenvalue weighted by Gasteiger charge is 2.22. The van der Waals surface area contributed by atoms with E-state index in [1.165, 1.54) is 37.9 Å². The molecule has 0 saturated carbocycles. The normalized spacial score (nSPS) is 13.0. The number of benzene rings is 2. The minimum atomic E-state index is -3.66. The Morgan fingerprint density at radius 1 is 1.07 bits per heavy atom. The standard InChI is InChI=1S/C21H28ClN3O3S/c1-6-15-7-9-16(10-8-15)20(24(2)3)14-23-21(26)18-13-17(11-12-19(18)22)29(27,28)25(4)5/h7-13,20H,6,14H2,1-5H3,(H,23,26)/t20-/m0/s1. The van der Waals surface area contributed by atoms with Gasteiger partial charge in [0.2, 0.25) is 10.0 Å². The van der Waals surface area contributed by atoms with Crippen LogP contribution in [0, 0.1) is 0 Å². The van der Waals surface area contributed by atoms with Gasteiger partial charge < -0.3 is 10.2 Å². The fourth-order valence-electron chi connectivity index (χ4n) is 2.91. The van der Waals surface area contributed by atoms with Crippen molar-refractivity contribution in [1.82, 2.24) is 14.5 Å². The summed E-state index contributed by atoms with van der Waals surface area (Å²) < 4.78 is 25.8. The highest BCUT2D eigenvalue weighted by Crippen LogP contribution is 2.23. The van der Waals surface area contributed by atoms with Gasteiger partial charge in [0.15, 0.2) is 0 Å². The van der Waals surface area contributed by atoms with Crippen LogP contribution < -0.4 is 5.32 Å². The van der Waals surface area contributed by atoms with Crippen molar-refractivity contribution in [2.45, 2.75) is 24.3 Å². The second-order valence-corrected chi connectivity index (χ2v) is 9.77. The maximum absolute atomic E-state index is 12.8. The number of amides is 1. The fourth-order valence-corrected chi connectivity index (χ4v) is 4.04. The van der Waals surface area contributed by atoms with E-state index in [1.54, 1.807) is 0 Å². The monoisotopic (exact) mass is 437 g/mol. The summed E-state index contributed by atoms with van der Waals surface area (Å²) in [5.74, 6) is -0.414. The van der Waals surface area contributed by atoms with Gasteiger partial charge in [-0.1, -0.05) is 42.8 Å². The van der Waals surface area contributed by atoms with Crippen molar-refractivity contribution in [1.29, 1.82) is 0 Å². The lowest BCUT2D eigenvalue weighted by atomic mass is 10.0. The van der Waals surface area contributed by atoms with Crippen molar-refractivity contribution in [3.05, 3.63) is 64.2 Å². The number of hydrogen-bond acceptors (Lipinski definition) is 4. The van der Waals surface area contributed by atoms with Crippen LogP contribution in [0.15, 0.2) is 47.4 Å². The van der Waals surface area contributed by atoms with E-state index in [0.717, 1.165) is 16.3 Å². The molecule has 0 unspecified atom stereocenters. The fraction of sp³-hybridized carbons (Fsp3) is 0.381. The Kier molecular flexibility index (Phi) is 7.82. The van der Waals surface area contributed by atoms with E-state index in [-0.39, 0.29) is 21.5 Å². The summed E-state index contributed by atoms with van der Waals surface area (Å²) in [5, 5.41) is 3.09. The first kappa shape index (κ1) is 23.3. The highest BCUT2D eigenvalue weighted by molar-refractivity contribution is 7.89. The minimum Gasteiger partial charge on any atom is -0.350 e. The number of nitrogens with one attached hydrogen (secondary N) is 1. The lowest BCUT2D eigenvalue weighted by Crippen LogP contribution is -2.34. The van der Waals surface area contributed by atoms with Crippen LogP contribution in [0.2, 0.25) is 5.02 Å². The zero-order valence-electron chi connectivity index (χ0n) is 17.4. The van der Waals surface area contributed by atoms with Crippen LogP contribution in [-0.4, -0.2) is 58.3 Å². The Morgan fingerprint density at radius 2 is 1.69 bits per heavy atom. The Morgan fingerprint density at radius 3 is 2.21 bits per heavy atom. The van der Waals surface area contributed by atoms with Crippen molar-refractivity contribution in [3.63, 3.8) is 0 Å². The van der Waals surface area contributed by atoms with E-state index in [4.69, 9.17) is 11.6 Å². The number of rotatable bonds is 8. The number of carbonyl (C=O) groups excluding carboxylic acids is 1. The van der Waals surface area contributed by atoms with Crippen LogP contribution >= 0.6 is 11.6 Å². The summed E-state index contributed by atoms with van der Waals surface area (Å²) in [7, 11) is 3.11. The third kappa shape index (κ3) is 5.57. The molecule has 29 heavy (non-hydrogen) atoms. The molecule has 0 aromatic heterocycles. The molecule has 0 saturated heterocycles. The number of halogens is 1. The lowest BCUT2D eigenvalue weighted by molar-refractivity contribution is 0.0942. The molecule has 1 N–H and O–H groups in total. The molecule has 2 aromatic rings. The van der Waals surface area contributed by atoms with Crippen LogP contribution in [0.25, 0.3) is 0 Å². The SMILES string of the molecule is CCc1ccc([C@H](CNC(=O)c2cc(S(=O)(=O)N(C)C)ccc2Cl)N(C)C)cc1. The number of nitrogens with zero attached hydrogens (tertiary/aromatic N) is 2. The van der Waals surface area contributed by atoms with E-state index in [2.05, 4.69) is 36.5 Å². The summed E-state index contributed by atoms with van der Waals surface area (Å²) in [6.45, 7) is 2.46. The zero-order chi connectivity index (χ0) is 21.8. The Bertz CT molecular complexity index is 958. The van der Waals surface area contributed by atoms with Gasteiger partial charge in [0, 0.05) is 20.6 Å². The molecule has 6 nitrogen and oxygen atoms in total. The van der Waals surface area contributed by atoms with Crippen LogP contribution in [0.5, 0.6) is 0 Å². The number of likely N-dealkylation sites (N-methyl/N-ethyl adjacent to an activating group) is 1. The van der Waals surface area contributed by atoms with E-state index < -0.39 is 15.9 Å². The molecule has 0 fully saturated rings. The second-order valence-electron chi connectivity index (χ2n) is 7.21. The van der Waals surface area contributed by atoms with Gasteiger partial charge in [-0.3, -0.25) is 4.79 Å². The Hall–Kier alpha value is -1.93. The summed E-state index contributed by atoms with van der Waals surface area (Å²) in [5.41, 5.74) is 2.47. The third-order valence-electron chi connectivity index (χ3n) is 4.81. The molecule has 0 heterocycles. The van der Waals surface area contributed by atoms with Crippen molar-refractivity contribution < 1.29 is 13.2 Å². The van der Waals surface area contributed by atoms with Gasteiger partial charge in [0.05, 0.1) is 21.5 Å². The van der Waals surface area contributed by atoms with Crippen molar-refractivity contribution >= 4 is 27.5 Å². The molecular weight excluding hydrogens is 410 g/mol. The number of aryl methyl sites for hydroxylation is 1. The average molecular weight is 438 g/mol. The zero-order valence-corrected chi connectivity index (χ0v) is 19.0. The highest BCUT2D eigenvalue weighted by atomic mass is 35.5. The molecule has 1 amide bonds. The number of sulfonamides is 1. The van der Waals surface area contributed by atoms with Gasteiger partial charge in [-0.05, 0) is 49.8 Å². The molecule has 0 radical (unpaired) electrons. The summed E-state index contributed by atoms with van der Waals surface area (Å²) in [6.07, 6.45) is 0.967. The summed E-state index contributed by atoms with van der Waals surface area (Å²) >= 11 is 6.17. The largest absolute Gasteiger partial charge is 0.350 e. The maximum Gasteiger partial charge on any atom is 0.252 e. The lowest BCUT2D eigenvalue weighted by Gasteiger charge is -2.25. The molecule has 0 spiro atoms. The first-order valence-electron chi connectivity index (χ1n) is 9.33. The molecular formula is C21H28ClN3O3S. The molecule has 2 aromatic carbocycles. The molecule has 0 bridgehead atoms. The summed E-state index contributed by atoms with van der Waals surface area (Å²) in [4.78, 5) is 14.8. The smallest absolute Gasteiger partial charge is 0.252 e. The van der Waals surface area contributed by atoms with Gasteiger partial charge >= 0.3 is 0 Å². The van der Waals surface area contributed by atoms with Gasteiger partial charge in [-0.15, -0.1) is 0 Å². The van der Waals surface area contributed by atoms with Crippen LogP contribution in [0.1, 0.15) is 34.5 Å². The molecule has 8 heteroatoms. The molecule has 0 aliphatic carbocycles. The maximum atomic E-state index is 12.8. The second kappa shape index (κ2) is 9.71. The van der Waals surface area contributed by atoms with Crippen molar-refractivity contribution in [2.75, 3.05) is 34.7 Å². The number of carbonyl (C=O) groups is 1. The van der Waals surface area contributed by atoms with Crippen LogP contribution in [-0.2, 0) is 16.4 Å². The topological polar surface area (TPSA) is 69.7 Å². The van der Waals surface area contributed by atoms with Gasteiger partial charge in [-0.2, -0.15) is 0 Å². The Labute approximate surface area is 178 Å². The van der Waals surface area contributed by atoms with Gasteiger partial charge in [-0.25, -0.2) is 12.7 Å². The predicted octanol–water partition coefficient (Wildman–Crippen LogP) is 3.19. The van der Waals surface area contributed by atoms with Gasteiger partial charge in [0.25, 0.3) is 5.91 Å². The van der Waals surface area contributed by atoms with Gasteiger partial charge in [0.1, 0.15) is 0 Å². The number of hydrogen-bond donors (Lipinski definition) is 1. The van der Waals surface area contributed by atoms with E-state index in [1.807, 2.05) is 19.0 Å². The van der Waals surface area contributed by atoms with Crippen LogP contribution in [0.3, 0.4) is 0 Å². The molecule has 2 rings (SSSR count). The van der Waals surface area contributed by atoms with Crippen LogP contribution in [0.4, 0.5) is 0 Å². The van der Waals surface area contributed by atoms with E-state index in [9.17, 15) is 13.2 Å². The molecule has 0 aliphatic rings. The van der Waals surface area contributed by atoms with E-state index >= 15 is 0 Å².